The number of hydrazine groups is 1. The Labute approximate surface area is 165 Å². The van der Waals surface area contributed by atoms with Gasteiger partial charge >= 0.3 is 0 Å². The normalized spacial score (nSPS) is 27.4. The number of hydrogen-bond donors (Lipinski definition) is 2. The Balaban J connectivity index is 1.39. The number of piperidine rings is 1. The molecule has 0 bridgehead atoms. The van der Waals surface area contributed by atoms with E-state index in [2.05, 4.69) is 10.9 Å². The smallest absolute Gasteiger partial charge is 0.243 e. The molecule has 2 N–H and O–H groups in total. The summed E-state index contributed by atoms with van der Waals surface area (Å²) in [6, 6.07) is 4.99. The summed E-state index contributed by atoms with van der Waals surface area (Å²) in [7, 11) is -3.61. The van der Waals surface area contributed by atoms with Crippen LogP contribution in [0.15, 0.2) is 29.2 Å². The number of carbonyl (C=O) groups excluding carboxylic acids is 1. The zero-order valence-electron chi connectivity index (χ0n) is 15.8. The minimum atomic E-state index is -3.61. The van der Waals surface area contributed by atoms with Gasteiger partial charge in [-0.15, -0.1) is 0 Å². The lowest BCUT2D eigenvalue weighted by Crippen LogP contribution is -2.49. The average Bonchev–Trinajstić information content (AvgIpc) is 3.40. The first-order valence-corrected chi connectivity index (χ1v) is 11.4. The van der Waals surface area contributed by atoms with E-state index < -0.39 is 15.8 Å². The predicted octanol–water partition coefficient (Wildman–Crippen LogP) is 0.941. The van der Waals surface area contributed by atoms with Gasteiger partial charge in [0.05, 0.1) is 10.8 Å². The Morgan fingerprint density at radius 2 is 1.68 bits per heavy atom. The molecule has 2 atom stereocenters. The number of benzene rings is 1. The molecule has 7 nitrogen and oxygen atoms in total. The molecule has 1 aromatic rings. The lowest BCUT2D eigenvalue weighted by molar-refractivity contribution is -0.134. The van der Waals surface area contributed by atoms with Crippen LogP contribution >= 0.6 is 0 Å². The van der Waals surface area contributed by atoms with Gasteiger partial charge in [0.2, 0.25) is 15.9 Å². The van der Waals surface area contributed by atoms with E-state index in [0.717, 1.165) is 25.9 Å². The number of rotatable bonds is 4. The fourth-order valence-corrected chi connectivity index (χ4v) is 6.07. The lowest BCUT2D eigenvalue weighted by atomic mass is 9.83. The van der Waals surface area contributed by atoms with Crippen LogP contribution in [0.2, 0.25) is 0 Å². The van der Waals surface area contributed by atoms with E-state index >= 15 is 0 Å². The Morgan fingerprint density at radius 1 is 1.04 bits per heavy atom. The highest BCUT2D eigenvalue weighted by molar-refractivity contribution is 7.89. The molecule has 3 heterocycles. The fourth-order valence-electron chi connectivity index (χ4n) is 4.60. The Kier molecular flexibility index (Phi) is 5.69. The Morgan fingerprint density at radius 3 is 2.32 bits per heavy atom. The van der Waals surface area contributed by atoms with Gasteiger partial charge in [0.1, 0.15) is 5.82 Å². The lowest BCUT2D eigenvalue weighted by Gasteiger charge is -2.36. The summed E-state index contributed by atoms with van der Waals surface area (Å²) < 4.78 is 40.1. The van der Waals surface area contributed by atoms with E-state index in [0.29, 0.717) is 32.5 Å². The summed E-state index contributed by atoms with van der Waals surface area (Å²) in [4.78, 5) is 14.9. The molecular weight excluding hydrogens is 383 g/mol. The topological polar surface area (TPSA) is 81.8 Å². The molecule has 1 amide bonds. The van der Waals surface area contributed by atoms with E-state index in [1.54, 1.807) is 0 Å². The quantitative estimate of drug-likeness (QED) is 0.772. The summed E-state index contributed by atoms with van der Waals surface area (Å²) >= 11 is 0. The number of amides is 1. The number of sulfonamides is 1. The zero-order valence-corrected chi connectivity index (χ0v) is 16.6. The van der Waals surface area contributed by atoms with Crippen molar-refractivity contribution in [3.05, 3.63) is 30.1 Å². The molecule has 0 aliphatic carbocycles. The molecule has 154 valence electrons. The number of nitrogens with one attached hydrogen (secondary N) is 2. The van der Waals surface area contributed by atoms with Crippen molar-refractivity contribution < 1.29 is 17.6 Å². The molecule has 3 aliphatic rings. The third-order valence-corrected chi connectivity index (χ3v) is 8.13. The third kappa shape index (κ3) is 3.80. The minimum Gasteiger partial charge on any atom is -0.342 e. The largest absolute Gasteiger partial charge is 0.342 e. The molecule has 4 rings (SSSR count). The Hall–Kier alpha value is -1.55. The summed E-state index contributed by atoms with van der Waals surface area (Å²) in [5.74, 6) is -0.0953. The standard InChI is InChI=1S/C19H27FN4O3S/c20-15-3-5-16(6-4-15)28(26,27)24-11-7-14(8-12-24)18-17(13-21-22-18)19(25)23-9-1-2-10-23/h3-6,14,17-18,21-22H,1-2,7-13H2. The first-order valence-electron chi connectivity index (χ1n) is 10.00. The van der Waals surface area contributed by atoms with Gasteiger partial charge in [-0.1, -0.05) is 0 Å². The molecule has 28 heavy (non-hydrogen) atoms. The molecule has 0 radical (unpaired) electrons. The number of likely N-dealkylation sites (tertiary alicyclic amines) is 1. The molecule has 0 saturated carbocycles. The summed E-state index contributed by atoms with van der Waals surface area (Å²) in [6.07, 6.45) is 3.54. The fraction of sp³-hybridized carbons (Fsp3) is 0.632. The summed E-state index contributed by atoms with van der Waals surface area (Å²) in [6.45, 7) is 3.13. The van der Waals surface area contributed by atoms with Crippen LogP contribution in [0.25, 0.3) is 0 Å². The van der Waals surface area contributed by atoms with Gasteiger partial charge < -0.3 is 4.90 Å². The third-order valence-electron chi connectivity index (χ3n) is 6.22. The summed E-state index contributed by atoms with van der Waals surface area (Å²) in [5.41, 5.74) is 6.40. The van der Waals surface area contributed by atoms with Crippen molar-refractivity contribution in [2.45, 2.75) is 36.6 Å². The van der Waals surface area contributed by atoms with Gasteiger partial charge in [0, 0.05) is 38.8 Å². The van der Waals surface area contributed by atoms with Gasteiger partial charge in [-0.3, -0.25) is 15.6 Å². The second-order valence-electron chi connectivity index (χ2n) is 7.89. The summed E-state index contributed by atoms with van der Waals surface area (Å²) in [5, 5.41) is 0. The molecule has 9 heteroatoms. The molecule has 3 saturated heterocycles. The van der Waals surface area contributed by atoms with Crippen LogP contribution in [0.3, 0.4) is 0 Å². The van der Waals surface area contributed by atoms with Gasteiger partial charge in [0.25, 0.3) is 0 Å². The number of nitrogens with zero attached hydrogens (tertiary/aromatic N) is 2. The van der Waals surface area contributed by atoms with Crippen LogP contribution in [0.4, 0.5) is 4.39 Å². The van der Waals surface area contributed by atoms with Gasteiger partial charge in [0.15, 0.2) is 0 Å². The van der Waals surface area contributed by atoms with Crippen molar-refractivity contribution in [2.24, 2.45) is 11.8 Å². The van der Waals surface area contributed by atoms with E-state index in [9.17, 15) is 17.6 Å². The minimum absolute atomic E-state index is 0.0313. The zero-order chi connectivity index (χ0) is 19.7. The van der Waals surface area contributed by atoms with Gasteiger partial charge in [-0.05, 0) is 55.9 Å². The van der Waals surface area contributed by atoms with Gasteiger partial charge in [-0.2, -0.15) is 4.31 Å². The highest BCUT2D eigenvalue weighted by Crippen LogP contribution is 2.30. The van der Waals surface area contributed by atoms with Crippen molar-refractivity contribution in [3.63, 3.8) is 0 Å². The van der Waals surface area contributed by atoms with Crippen LogP contribution < -0.4 is 10.9 Å². The van der Waals surface area contributed by atoms with E-state index in [1.807, 2.05) is 4.90 Å². The van der Waals surface area contributed by atoms with E-state index in [-0.39, 0.29) is 28.7 Å². The number of halogens is 1. The molecular formula is C19H27FN4O3S. The van der Waals surface area contributed by atoms with Gasteiger partial charge in [-0.25, -0.2) is 12.8 Å². The molecule has 1 aromatic carbocycles. The van der Waals surface area contributed by atoms with Crippen LogP contribution in [-0.2, 0) is 14.8 Å². The maximum atomic E-state index is 13.1. The van der Waals surface area contributed by atoms with Crippen molar-refractivity contribution in [1.29, 1.82) is 0 Å². The SMILES string of the molecule is O=C(C1CNNC1C1CCN(S(=O)(=O)c2ccc(F)cc2)CC1)N1CCCC1. The van der Waals surface area contributed by atoms with Crippen LogP contribution in [0.5, 0.6) is 0 Å². The molecule has 3 fully saturated rings. The molecule has 0 aromatic heterocycles. The molecule has 0 spiro atoms. The van der Waals surface area contributed by atoms with Crippen molar-refractivity contribution >= 4 is 15.9 Å². The number of carbonyl (C=O) groups is 1. The van der Waals surface area contributed by atoms with Crippen LogP contribution in [0.1, 0.15) is 25.7 Å². The molecule has 3 aliphatic heterocycles. The van der Waals surface area contributed by atoms with Crippen molar-refractivity contribution in [2.75, 3.05) is 32.7 Å². The molecule has 2 unspecified atom stereocenters. The van der Waals surface area contributed by atoms with Crippen LogP contribution in [0, 0.1) is 17.7 Å². The first-order chi connectivity index (χ1) is 13.5. The average molecular weight is 411 g/mol. The monoisotopic (exact) mass is 410 g/mol. The van der Waals surface area contributed by atoms with Crippen molar-refractivity contribution in [1.82, 2.24) is 20.1 Å². The predicted molar refractivity (Wildman–Crippen MR) is 102 cm³/mol. The first kappa shape index (κ1) is 19.8. The number of hydrogen-bond acceptors (Lipinski definition) is 5. The second kappa shape index (κ2) is 8.06. The maximum absolute atomic E-state index is 13.1. The second-order valence-corrected chi connectivity index (χ2v) is 9.82. The van der Waals surface area contributed by atoms with E-state index in [4.69, 9.17) is 0 Å². The maximum Gasteiger partial charge on any atom is 0.243 e. The van der Waals surface area contributed by atoms with Crippen LogP contribution in [-0.4, -0.2) is 62.3 Å². The highest BCUT2D eigenvalue weighted by atomic mass is 32.2. The van der Waals surface area contributed by atoms with E-state index in [1.165, 1.54) is 28.6 Å². The van der Waals surface area contributed by atoms with Crippen molar-refractivity contribution in [3.8, 4) is 0 Å². The Bertz CT molecular complexity index is 803. The highest BCUT2D eigenvalue weighted by Gasteiger charge is 2.42.